The molecule has 1 aromatic carbocycles. The van der Waals surface area contributed by atoms with E-state index in [4.69, 9.17) is 24.3 Å². The number of hydrogen-bond donors (Lipinski definition) is 3. The van der Waals surface area contributed by atoms with Crippen LogP contribution in [0.4, 0.5) is 14.6 Å². The van der Waals surface area contributed by atoms with Crippen molar-refractivity contribution in [3.63, 3.8) is 0 Å². The topological polar surface area (TPSA) is 172 Å². The van der Waals surface area contributed by atoms with Gasteiger partial charge >= 0.3 is 19.3 Å². The van der Waals surface area contributed by atoms with E-state index in [9.17, 15) is 33.1 Å². The van der Waals surface area contributed by atoms with Crippen molar-refractivity contribution in [2.24, 2.45) is 5.92 Å². The zero-order chi connectivity index (χ0) is 28.3. The number of aliphatic hydroxyl groups excluding tert-OH is 1. The minimum atomic E-state index is -4.16. The Morgan fingerprint density at radius 1 is 1.32 bits per heavy atom. The molecule has 4 N–H and O–H groups in total. The van der Waals surface area contributed by atoms with Gasteiger partial charge in [-0.25, -0.2) is 18.1 Å². The van der Waals surface area contributed by atoms with Gasteiger partial charge in [-0.2, -0.15) is 4.98 Å². The van der Waals surface area contributed by atoms with Crippen LogP contribution in [0.5, 0.6) is 5.75 Å². The largest absolute Gasteiger partial charge is 0.463 e. The molecule has 0 amide bonds. The van der Waals surface area contributed by atoms with E-state index in [-0.39, 0.29) is 5.75 Å². The molecular formula is C23H30F2N3O9P. The molecule has 0 saturated carbocycles. The Balaban J connectivity index is 1.84. The van der Waals surface area contributed by atoms with Crippen molar-refractivity contribution >= 4 is 19.4 Å². The van der Waals surface area contributed by atoms with Gasteiger partial charge in [-0.15, -0.1) is 0 Å². The molecule has 3 rings (SSSR count). The van der Waals surface area contributed by atoms with Gasteiger partial charge < -0.3 is 29.9 Å². The minimum Gasteiger partial charge on any atom is -0.463 e. The molecule has 1 aliphatic rings. The summed E-state index contributed by atoms with van der Waals surface area (Å²) in [5.41, 5.74) is 1.37. The Kier molecular flexibility index (Phi) is 9.26. The number of esters is 1. The van der Waals surface area contributed by atoms with E-state index in [0.717, 1.165) is 0 Å². The summed E-state index contributed by atoms with van der Waals surface area (Å²) in [7, 11) is -4.16. The zero-order valence-corrected chi connectivity index (χ0v) is 21.8. The maximum Gasteiger partial charge on any atom is 0.380 e. The lowest BCUT2D eigenvalue weighted by Crippen LogP contribution is -2.50. The second-order valence-electron chi connectivity index (χ2n) is 9.14. The van der Waals surface area contributed by atoms with E-state index in [1.165, 1.54) is 19.1 Å². The Hall–Kier alpha value is -2.90. The summed E-state index contributed by atoms with van der Waals surface area (Å²) in [4.78, 5) is 27.8. The lowest BCUT2D eigenvalue weighted by Gasteiger charge is -2.28. The fourth-order valence-corrected chi connectivity index (χ4v) is 5.61. The van der Waals surface area contributed by atoms with Gasteiger partial charge in [0.15, 0.2) is 23.5 Å². The monoisotopic (exact) mass is 561 g/mol. The molecule has 15 heteroatoms. The van der Waals surface area contributed by atoms with E-state index in [2.05, 4.69) is 4.98 Å². The van der Waals surface area contributed by atoms with Crippen molar-refractivity contribution in [1.29, 1.82) is 0 Å². The predicted molar refractivity (Wildman–Crippen MR) is 130 cm³/mol. The number of nitrogen functional groups attached to an aromatic ring is 1. The van der Waals surface area contributed by atoms with Crippen molar-refractivity contribution in [3.8, 4) is 5.75 Å². The van der Waals surface area contributed by atoms with Crippen molar-refractivity contribution in [3.05, 3.63) is 52.8 Å². The van der Waals surface area contributed by atoms with Crippen molar-refractivity contribution in [2.45, 2.75) is 50.9 Å². The van der Waals surface area contributed by atoms with Crippen LogP contribution in [0.15, 0.2) is 41.3 Å². The van der Waals surface area contributed by atoms with E-state index >= 15 is 0 Å². The summed E-state index contributed by atoms with van der Waals surface area (Å²) < 4.78 is 63.8. The number of benzene rings is 1. The maximum atomic E-state index is 14.0. The van der Waals surface area contributed by atoms with Crippen LogP contribution in [0.1, 0.15) is 27.0 Å². The highest BCUT2D eigenvalue weighted by Gasteiger charge is 2.57. The molecule has 38 heavy (non-hydrogen) atoms. The molecular weight excluding hydrogens is 531 g/mol. The number of rotatable bonds is 11. The van der Waals surface area contributed by atoms with Gasteiger partial charge in [0, 0.05) is 0 Å². The summed E-state index contributed by atoms with van der Waals surface area (Å²) in [6.45, 7) is 2.43. The first-order valence-corrected chi connectivity index (χ1v) is 13.4. The molecule has 2 heterocycles. The van der Waals surface area contributed by atoms with Gasteiger partial charge in [0.25, 0.3) is 0 Å². The maximum absolute atomic E-state index is 14.0. The lowest BCUT2D eigenvalue weighted by atomic mass is 9.95. The number of carbonyl (C=O) groups is 1. The smallest absolute Gasteiger partial charge is 0.380 e. The van der Waals surface area contributed by atoms with Crippen molar-refractivity contribution in [1.82, 2.24) is 9.55 Å². The molecule has 210 valence electrons. The minimum absolute atomic E-state index is 0.154. The van der Waals surface area contributed by atoms with Crippen LogP contribution in [0.3, 0.4) is 0 Å². The van der Waals surface area contributed by atoms with Gasteiger partial charge in [0.05, 0.1) is 31.0 Å². The molecule has 0 bridgehead atoms. The van der Waals surface area contributed by atoms with Gasteiger partial charge in [0.1, 0.15) is 24.6 Å². The molecule has 0 radical (unpaired) electrons. The number of ether oxygens (including phenoxy) is 2. The van der Waals surface area contributed by atoms with Crippen molar-refractivity contribution < 1.29 is 46.9 Å². The quantitative estimate of drug-likeness (QED) is 0.270. The molecule has 2 unspecified atom stereocenters. The number of aliphatic hydroxyl groups is 2. The molecule has 12 nitrogen and oxygen atoms in total. The highest BCUT2D eigenvalue weighted by Crippen LogP contribution is 2.51. The Bertz CT molecular complexity index is 1230. The van der Waals surface area contributed by atoms with Gasteiger partial charge in [0.2, 0.25) is 0 Å². The standard InChI is InChI=1S/C23H30F2N3O9P/c1-13(2)35-20(30)14(3)11-38(33,37-15-7-5-4-6-8-15)34-10-17-18(29)23(32,12-24)21(36-17)28-9-16(25)19(26)27-22(28)31/h4-9,13-14,17-18,21,29,32H,10-12H2,1-3H3,(H2,26,27,31)/t14-,17-,18+,21-,23?,38?/m1/s1. The predicted octanol–water partition coefficient (Wildman–Crippen LogP) is 1.80. The highest BCUT2D eigenvalue weighted by molar-refractivity contribution is 7.54. The number of aromatic nitrogens is 2. The summed E-state index contributed by atoms with van der Waals surface area (Å²) >= 11 is 0. The molecule has 6 atom stereocenters. The molecule has 1 saturated heterocycles. The van der Waals surface area contributed by atoms with E-state index in [0.29, 0.717) is 10.8 Å². The normalized spacial score (nSPS) is 25.6. The number of halogens is 2. The van der Waals surface area contributed by atoms with Crippen LogP contribution in [-0.4, -0.2) is 69.1 Å². The highest BCUT2D eigenvalue weighted by atomic mass is 31.2. The van der Waals surface area contributed by atoms with Gasteiger partial charge in [-0.05, 0) is 26.0 Å². The summed E-state index contributed by atoms with van der Waals surface area (Å²) in [5, 5.41) is 21.5. The fourth-order valence-electron chi connectivity index (χ4n) is 3.74. The summed E-state index contributed by atoms with van der Waals surface area (Å²) in [6.07, 6.45) is -5.80. The lowest BCUT2D eigenvalue weighted by molar-refractivity contribution is -0.151. The van der Waals surface area contributed by atoms with Crippen LogP contribution >= 0.6 is 7.60 Å². The number of hydrogen-bond acceptors (Lipinski definition) is 11. The summed E-state index contributed by atoms with van der Waals surface area (Å²) in [6, 6.07) is 7.92. The van der Waals surface area contributed by atoms with Gasteiger partial charge in [-0.1, -0.05) is 25.1 Å². The Labute approximate surface area is 216 Å². The first kappa shape index (κ1) is 29.7. The number of nitrogens with zero attached hydrogens (tertiary/aromatic N) is 2. The SMILES string of the molecule is CC(C)OC(=O)[C@H](C)CP(=O)(OC[C@H]1O[C@@H](n2cc(F)c(N)nc2=O)C(O)(CF)[C@H]1O)Oc1ccccc1. The van der Waals surface area contributed by atoms with Crippen molar-refractivity contribution in [2.75, 3.05) is 25.2 Å². The van der Waals surface area contributed by atoms with Gasteiger partial charge in [-0.3, -0.25) is 13.9 Å². The van der Waals surface area contributed by atoms with E-state index in [1.807, 2.05) is 0 Å². The van der Waals surface area contributed by atoms with Crippen LogP contribution in [0.2, 0.25) is 0 Å². The van der Waals surface area contributed by atoms with E-state index in [1.54, 1.807) is 32.0 Å². The summed E-state index contributed by atoms with van der Waals surface area (Å²) in [5.74, 6) is -3.30. The third-order valence-corrected chi connectivity index (χ3v) is 7.70. The van der Waals surface area contributed by atoms with Crippen LogP contribution in [-0.2, 0) is 23.4 Å². The fraction of sp³-hybridized carbons (Fsp3) is 0.522. The first-order chi connectivity index (χ1) is 17.8. The Morgan fingerprint density at radius 3 is 2.58 bits per heavy atom. The van der Waals surface area contributed by atoms with Crippen LogP contribution in [0.25, 0.3) is 0 Å². The number of carbonyl (C=O) groups excluding carboxylic acids is 1. The second kappa shape index (κ2) is 11.9. The van der Waals surface area contributed by atoms with Crippen LogP contribution in [0, 0.1) is 11.7 Å². The molecule has 0 spiro atoms. The molecule has 1 fully saturated rings. The zero-order valence-electron chi connectivity index (χ0n) is 20.9. The molecule has 2 aromatic rings. The average molecular weight is 561 g/mol. The third-order valence-electron chi connectivity index (χ3n) is 5.67. The Morgan fingerprint density at radius 2 is 1.97 bits per heavy atom. The van der Waals surface area contributed by atoms with E-state index < -0.39 is 86.4 Å². The number of anilines is 1. The molecule has 0 aliphatic carbocycles. The number of alkyl halides is 1. The number of nitrogens with two attached hydrogens (primary N) is 1. The van der Waals surface area contributed by atoms with Crippen LogP contribution < -0.4 is 15.9 Å². The first-order valence-electron chi connectivity index (χ1n) is 11.6. The average Bonchev–Trinajstić information content (AvgIpc) is 3.10. The number of para-hydroxylation sites is 1. The molecule has 1 aromatic heterocycles. The second-order valence-corrected chi connectivity index (χ2v) is 11.2. The third kappa shape index (κ3) is 6.56. The molecule has 1 aliphatic heterocycles.